The van der Waals surface area contributed by atoms with Crippen LogP contribution in [-0.2, 0) is 13.6 Å². The van der Waals surface area contributed by atoms with Crippen molar-refractivity contribution in [2.75, 3.05) is 45.7 Å². The van der Waals surface area contributed by atoms with Gasteiger partial charge in [-0.15, -0.1) is 0 Å². The number of carbonyl (C=O) groups is 2. The van der Waals surface area contributed by atoms with Crippen molar-refractivity contribution in [2.45, 2.75) is 59.4 Å². The van der Waals surface area contributed by atoms with Crippen molar-refractivity contribution in [3.8, 4) is 11.5 Å². The fraction of sp³-hybridized carbons (Fsp3) is 0.552. The van der Waals surface area contributed by atoms with Crippen LogP contribution in [0.15, 0.2) is 23.9 Å². The molecule has 1 aromatic heterocycles. The molecule has 0 saturated carbocycles. The maximum Gasteiger partial charge on any atom is 0.324 e. The second-order valence-electron chi connectivity index (χ2n) is 10.3. The van der Waals surface area contributed by atoms with Gasteiger partial charge in [0.15, 0.2) is 0 Å². The Labute approximate surface area is 231 Å². The van der Waals surface area contributed by atoms with Crippen LogP contribution in [-0.4, -0.2) is 76.9 Å². The Morgan fingerprint density at radius 2 is 1.87 bits per heavy atom. The molecule has 1 saturated heterocycles. The minimum absolute atomic E-state index is 0.00917. The standard InChI is InChI=1S/C29H42N6O4/c1-8-33-13-10-14-34(28(36)30-27-20(3)31-32(5)21(27)4)12-9-11-23-15-19(2)26-22(18-35(23)29(33)37)16-24(38-6)17-25(26)39-7/h15-17,19H,8-14,18H2,1-7H3,(H,30,36). The predicted octanol–water partition coefficient (Wildman–Crippen LogP) is 5.02. The van der Waals surface area contributed by atoms with Crippen LogP contribution in [0.1, 0.15) is 61.5 Å². The molecule has 212 valence electrons. The summed E-state index contributed by atoms with van der Waals surface area (Å²) >= 11 is 0. The highest BCUT2D eigenvalue weighted by molar-refractivity contribution is 5.90. The molecule has 1 aromatic carbocycles. The number of anilines is 1. The van der Waals surface area contributed by atoms with Gasteiger partial charge in [0.1, 0.15) is 11.5 Å². The zero-order valence-electron chi connectivity index (χ0n) is 24.3. The second-order valence-corrected chi connectivity index (χ2v) is 10.3. The van der Waals surface area contributed by atoms with E-state index in [4.69, 9.17) is 9.47 Å². The van der Waals surface area contributed by atoms with Crippen molar-refractivity contribution >= 4 is 17.7 Å². The summed E-state index contributed by atoms with van der Waals surface area (Å²) in [4.78, 5) is 32.9. The Morgan fingerprint density at radius 1 is 1.13 bits per heavy atom. The Morgan fingerprint density at radius 3 is 2.51 bits per heavy atom. The molecule has 0 spiro atoms. The fourth-order valence-electron chi connectivity index (χ4n) is 5.65. The van der Waals surface area contributed by atoms with Gasteiger partial charge in [0, 0.05) is 56.5 Å². The number of nitrogens with one attached hydrogen (secondary N) is 1. The predicted molar refractivity (Wildman–Crippen MR) is 151 cm³/mol. The Hall–Kier alpha value is -3.69. The number of hydrogen-bond acceptors (Lipinski definition) is 5. The van der Waals surface area contributed by atoms with Gasteiger partial charge in [-0.3, -0.25) is 9.58 Å². The van der Waals surface area contributed by atoms with Gasteiger partial charge >= 0.3 is 12.1 Å². The van der Waals surface area contributed by atoms with E-state index in [-0.39, 0.29) is 18.0 Å². The first kappa shape index (κ1) is 28.3. The van der Waals surface area contributed by atoms with Crippen molar-refractivity contribution in [3.05, 3.63) is 46.4 Å². The summed E-state index contributed by atoms with van der Waals surface area (Å²) in [6, 6.07) is 3.77. The van der Waals surface area contributed by atoms with Crippen molar-refractivity contribution in [3.63, 3.8) is 0 Å². The van der Waals surface area contributed by atoms with Gasteiger partial charge in [0.05, 0.1) is 37.8 Å². The summed E-state index contributed by atoms with van der Waals surface area (Å²) in [5.41, 5.74) is 5.54. The van der Waals surface area contributed by atoms with Gasteiger partial charge in [0.25, 0.3) is 0 Å². The van der Waals surface area contributed by atoms with E-state index in [0.29, 0.717) is 51.3 Å². The van der Waals surface area contributed by atoms with E-state index < -0.39 is 0 Å². The molecule has 0 bridgehead atoms. The maximum atomic E-state index is 13.9. The summed E-state index contributed by atoms with van der Waals surface area (Å²) in [5.74, 6) is 1.52. The van der Waals surface area contributed by atoms with Crippen molar-refractivity contribution < 1.29 is 19.1 Å². The van der Waals surface area contributed by atoms with E-state index in [2.05, 4.69) is 23.4 Å². The third-order valence-electron chi connectivity index (χ3n) is 7.86. The Balaban J connectivity index is 1.62. The average molecular weight is 539 g/mol. The van der Waals surface area contributed by atoms with E-state index in [1.165, 1.54) is 0 Å². The molecule has 2 aliphatic rings. The molecule has 39 heavy (non-hydrogen) atoms. The van der Waals surface area contributed by atoms with Crippen molar-refractivity contribution in [2.24, 2.45) is 7.05 Å². The summed E-state index contributed by atoms with van der Waals surface area (Å²) in [7, 11) is 5.18. The van der Waals surface area contributed by atoms with Crippen molar-refractivity contribution in [1.82, 2.24) is 24.5 Å². The van der Waals surface area contributed by atoms with Gasteiger partial charge in [-0.1, -0.05) is 13.0 Å². The van der Waals surface area contributed by atoms with Gasteiger partial charge in [-0.25, -0.2) is 9.59 Å². The van der Waals surface area contributed by atoms with Gasteiger partial charge in [-0.2, -0.15) is 5.10 Å². The van der Waals surface area contributed by atoms with E-state index in [1.807, 2.05) is 54.7 Å². The molecule has 10 heteroatoms. The van der Waals surface area contributed by atoms with E-state index in [9.17, 15) is 9.59 Å². The lowest BCUT2D eigenvalue weighted by Crippen LogP contribution is -2.43. The molecule has 4 rings (SSSR count). The molecule has 2 aliphatic heterocycles. The lowest BCUT2D eigenvalue weighted by atomic mass is 9.94. The Kier molecular flexibility index (Phi) is 8.72. The number of rotatable bonds is 4. The second kappa shape index (κ2) is 12.0. The number of amides is 4. The van der Waals surface area contributed by atoms with Gasteiger partial charge < -0.3 is 24.6 Å². The normalized spacial score (nSPS) is 18.4. The Bertz CT molecular complexity index is 1250. The third kappa shape index (κ3) is 5.84. The van der Waals surface area contributed by atoms with Crippen LogP contribution < -0.4 is 14.8 Å². The molecule has 1 fully saturated rings. The number of nitrogens with zero attached hydrogens (tertiary/aromatic N) is 5. The summed E-state index contributed by atoms with van der Waals surface area (Å²) < 4.78 is 13.0. The van der Waals surface area contributed by atoms with E-state index in [0.717, 1.165) is 46.1 Å². The molecule has 1 unspecified atom stereocenters. The molecule has 1 atom stereocenters. The zero-order valence-corrected chi connectivity index (χ0v) is 24.3. The number of carbonyl (C=O) groups excluding carboxylic acids is 2. The minimum Gasteiger partial charge on any atom is -0.497 e. The minimum atomic E-state index is -0.132. The number of methoxy groups -OCH3 is 2. The van der Waals surface area contributed by atoms with Crippen LogP contribution in [0, 0.1) is 13.8 Å². The third-order valence-corrected chi connectivity index (χ3v) is 7.86. The van der Waals surface area contributed by atoms with Crippen molar-refractivity contribution in [1.29, 1.82) is 0 Å². The number of hydrogen-bond donors (Lipinski definition) is 1. The molecule has 2 aromatic rings. The number of allylic oxidation sites excluding steroid dienone is 2. The summed E-state index contributed by atoms with van der Waals surface area (Å²) in [6.45, 7) is 10.7. The molecular weight excluding hydrogens is 496 g/mol. The topological polar surface area (TPSA) is 92.2 Å². The first-order valence-electron chi connectivity index (χ1n) is 13.8. The van der Waals surface area contributed by atoms with Crippen LogP contribution in [0.25, 0.3) is 0 Å². The van der Waals surface area contributed by atoms with Crippen LogP contribution in [0.3, 0.4) is 0 Å². The zero-order chi connectivity index (χ0) is 28.3. The number of urea groups is 2. The van der Waals surface area contributed by atoms with Crippen LogP contribution in [0.5, 0.6) is 11.5 Å². The molecule has 0 aliphatic carbocycles. The maximum absolute atomic E-state index is 13.9. The number of benzene rings is 1. The average Bonchev–Trinajstić information content (AvgIpc) is 3.06. The van der Waals surface area contributed by atoms with Crippen LogP contribution >= 0.6 is 0 Å². The van der Waals surface area contributed by atoms with Crippen LogP contribution in [0.2, 0.25) is 0 Å². The SMILES string of the molecule is CCN1CCCN(C(=O)Nc2c(C)nn(C)c2C)CCCC2=CC(C)c3c(cc(OC)cc3OC)CN2C1=O. The molecular formula is C29H42N6O4. The number of ether oxygens (including phenoxy) is 2. The molecule has 10 nitrogen and oxygen atoms in total. The monoisotopic (exact) mass is 538 g/mol. The van der Waals surface area contributed by atoms with E-state index in [1.54, 1.807) is 18.9 Å². The lowest BCUT2D eigenvalue weighted by Gasteiger charge is -2.31. The number of aryl methyl sites for hydroxylation is 2. The molecule has 1 N–H and O–H groups in total. The number of aromatic nitrogens is 2. The molecule has 3 heterocycles. The highest BCUT2D eigenvalue weighted by Crippen LogP contribution is 2.40. The highest BCUT2D eigenvalue weighted by Gasteiger charge is 2.31. The fourth-order valence-corrected chi connectivity index (χ4v) is 5.65. The van der Waals surface area contributed by atoms with Gasteiger partial charge in [-0.05, 0) is 51.7 Å². The van der Waals surface area contributed by atoms with E-state index >= 15 is 0 Å². The van der Waals surface area contributed by atoms with Gasteiger partial charge in [0.2, 0.25) is 0 Å². The summed E-state index contributed by atoms with van der Waals surface area (Å²) in [5, 5.41) is 7.51. The molecule has 0 radical (unpaired) electrons. The quantitative estimate of drug-likeness (QED) is 0.590. The summed E-state index contributed by atoms with van der Waals surface area (Å²) in [6.07, 6.45) is 4.29. The van der Waals surface area contributed by atoms with Crippen LogP contribution in [0.4, 0.5) is 15.3 Å². The first-order chi connectivity index (χ1) is 18.7. The molecule has 4 amide bonds. The largest absolute Gasteiger partial charge is 0.497 e. The first-order valence-corrected chi connectivity index (χ1v) is 13.8. The smallest absolute Gasteiger partial charge is 0.324 e. The highest BCUT2D eigenvalue weighted by atomic mass is 16.5. The number of fused-ring (bicyclic) bond motifs is 2. The lowest BCUT2D eigenvalue weighted by molar-refractivity contribution is 0.163.